The van der Waals surface area contributed by atoms with Gasteiger partial charge in [0.15, 0.2) is 5.76 Å². The third-order valence-corrected chi connectivity index (χ3v) is 3.02. The van der Waals surface area contributed by atoms with Gasteiger partial charge in [-0.05, 0) is 19.3 Å². The lowest BCUT2D eigenvalue weighted by Crippen LogP contribution is -2.39. The summed E-state index contributed by atoms with van der Waals surface area (Å²) in [6.45, 7) is 1.79. The molecule has 0 atom stereocenters. The van der Waals surface area contributed by atoms with E-state index in [0.717, 1.165) is 19.3 Å². The molecule has 1 amide bonds. The molecule has 1 fully saturated rings. The topological polar surface area (TPSA) is 79.5 Å². The van der Waals surface area contributed by atoms with Crippen molar-refractivity contribution in [3.05, 3.63) is 23.2 Å². The van der Waals surface area contributed by atoms with E-state index in [0.29, 0.717) is 12.2 Å². The van der Waals surface area contributed by atoms with E-state index >= 15 is 0 Å². The number of carboxylic acids is 1. The maximum absolute atomic E-state index is 11.8. The number of hydrogen-bond acceptors (Lipinski definition) is 3. The third kappa shape index (κ3) is 2.33. The largest absolute Gasteiger partial charge is 0.478 e. The number of carboxylic acid groups (broad SMARTS) is 1. The van der Waals surface area contributed by atoms with Crippen molar-refractivity contribution in [2.45, 2.75) is 38.6 Å². The molecule has 0 aromatic carbocycles. The Balaban J connectivity index is 2.14. The van der Waals surface area contributed by atoms with Gasteiger partial charge in [-0.3, -0.25) is 4.79 Å². The number of aromatic carboxylic acids is 1. The Bertz CT molecular complexity index is 445. The van der Waals surface area contributed by atoms with Crippen LogP contribution in [0.2, 0.25) is 0 Å². The van der Waals surface area contributed by atoms with Gasteiger partial charge in [0.2, 0.25) is 0 Å². The molecule has 92 valence electrons. The molecular weight excluding hydrogens is 222 g/mol. The van der Waals surface area contributed by atoms with Gasteiger partial charge in [0.1, 0.15) is 11.3 Å². The van der Waals surface area contributed by atoms with Gasteiger partial charge in [-0.2, -0.15) is 0 Å². The molecule has 1 saturated carbocycles. The Morgan fingerprint density at radius 1 is 1.53 bits per heavy atom. The van der Waals surface area contributed by atoms with Gasteiger partial charge in [-0.15, -0.1) is 0 Å². The molecule has 5 heteroatoms. The van der Waals surface area contributed by atoms with Crippen LogP contribution < -0.4 is 5.32 Å². The predicted octanol–water partition coefficient (Wildman–Crippen LogP) is 1.82. The van der Waals surface area contributed by atoms with Crippen molar-refractivity contribution in [3.8, 4) is 0 Å². The first-order valence-electron chi connectivity index (χ1n) is 5.78. The minimum atomic E-state index is -1.06. The van der Waals surface area contributed by atoms with Crippen molar-refractivity contribution in [2.75, 3.05) is 0 Å². The van der Waals surface area contributed by atoms with Crippen LogP contribution in [-0.4, -0.2) is 23.0 Å². The van der Waals surface area contributed by atoms with Crippen molar-refractivity contribution >= 4 is 11.9 Å². The van der Waals surface area contributed by atoms with E-state index in [-0.39, 0.29) is 23.3 Å². The smallest absolute Gasteiger partial charge is 0.339 e. The molecule has 1 aromatic rings. The molecule has 0 radical (unpaired) electrons. The summed E-state index contributed by atoms with van der Waals surface area (Å²) in [7, 11) is 0. The maximum atomic E-state index is 11.8. The zero-order chi connectivity index (χ0) is 12.4. The first-order valence-corrected chi connectivity index (χ1v) is 5.78. The number of amides is 1. The lowest BCUT2D eigenvalue weighted by Gasteiger charge is -2.25. The second-order valence-electron chi connectivity index (χ2n) is 4.21. The number of carbonyl (C=O) groups is 2. The monoisotopic (exact) mass is 237 g/mol. The number of carbonyl (C=O) groups excluding carboxylic acids is 1. The van der Waals surface area contributed by atoms with Crippen LogP contribution in [0.4, 0.5) is 0 Å². The van der Waals surface area contributed by atoms with Crippen LogP contribution in [0.15, 0.2) is 10.5 Å². The Morgan fingerprint density at radius 2 is 2.24 bits per heavy atom. The van der Waals surface area contributed by atoms with Crippen LogP contribution in [0.5, 0.6) is 0 Å². The van der Waals surface area contributed by atoms with Gasteiger partial charge >= 0.3 is 5.97 Å². The van der Waals surface area contributed by atoms with Gasteiger partial charge in [0.05, 0.1) is 0 Å². The fraction of sp³-hybridized carbons (Fsp3) is 0.500. The molecule has 0 bridgehead atoms. The highest BCUT2D eigenvalue weighted by molar-refractivity contribution is 5.96. The molecule has 2 N–H and O–H groups in total. The lowest BCUT2D eigenvalue weighted by molar-refractivity contribution is 0.0694. The highest BCUT2D eigenvalue weighted by Crippen LogP contribution is 2.20. The second-order valence-corrected chi connectivity index (χ2v) is 4.21. The molecule has 0 aliphatic heterocycles. The van der Waals surface area contributed by atoms with E-state index < -0.39 is 5.97 Å². The molecule has 1 aliphatic carbocycles. The van der Waals surface area contributed by atoms with Crippen molar-refractivity contribution in [3.63, 3.8) is 0 Å². The van der Waals surface area contributed by atoms with E-state index in [1.165, 1.54) is 6.07 Å². The van der Waals surface area contributed by atoms with Crippen LogP contribution in [0.1, 0.15) is 52.9 Å². The van der Waals surface area contributed by atoms with Crippen molar-refractivity contribution in [2.24, 2.45) is 0 Å². The van der Waals surface area contributed by atoms with E-state index in [4.69, 9.17) is 9.52 Å². The molecule has 0 spiro atoms. The zero-order valence-electron chi connectivity index (χ0n) is 9.66. The normalized spacial score (nSPS) is 15.4. The molecule has 2 rings (SSSR count). The predicted molar refractivity (Wildman–Crippen MR) is 60.2 cm³/mol. The van der Waals surface area contributed by atoms with Crippen LogP contribution in [0, 0.1) is 0 Å². The zero-order valence-corrected chi connectivity index (χ0v) is 9.66. The van der Waals surface area contributed by atoms with Crippen molar-refractivity contribution in [1.82, 2.24) is 5.32 Å². The third-order valence-electron chi connectivity index (χ3n) is 3.02. The Kier molecular flexibility index (Phi) is 3.17. The number of rotatable bonds is 4. The summed E-state index contributed by atoms with van der Waals surface area (Å²) in [6.07, 6.45) is 3.56. The van der Waals surface area contributed by atoms with Crippen molar-refractivity contribution in [1.29, 1.82) is 0 Å². The fourth-order valence-corrected chi connectivity index (χ4v) is 1.79. The van der Waals surface area contributed by atoms with Crippen LogP contribution >= 0.6 is 0 Å². The number of furan rings is 1. The molecule has 0 saturated heterocycles. The summed E-state index contributed by atoms with van der Waals surface area (Å²) in [5.74, 6) is -0.951. The number of nitrogens with one attached hydrogen (secondary N) is 1. The quantitative estimate of drug-likeness (QED) is 0.837. The minimum Gasteiger partial charge on any atom is -0.478 e. The van der Waals surface area contributed by atoms with Gasteiger partial charge in [0.25, 0.3) is 5.91 Å². The SMILES string of the molecule is CCc1oc(C(=O)NC2CCC2)cc1C(=O)O. The van der Waals surface area contributed by atoms with E-state index in [1.807, 2.05) is 0 Å². The maximum Gasteiger partial charge on any atom is 0.339 e. The fourth-order valence-electron chi connectivity index (χ4n) is 1.79. The van der Waals surface area contributed by atoms with Gasteiger partial charge in [0, 0.05) is 18.5 Å². The summed E-state index contributed by atoms with van der Waals surface area (Å²) in [5, 5.41) is 11.7. The molecule has 5 nitrogen and oxygen atoms in total. The van der Waals surface area contributed by atoms with E-state index in [9.17, 15) is 9.59 Å². The minimum absolute atomic E-state index is 0.0752. The van der Waals surface area contributed by atoms with Crippen LogP contribution in [-0.2, 0) is 6.42 Å². The van der Waals surface area contributed by atoms with Crippen LogP contribution in [0.25, 0.3) is 0 Å². The van der Waals surface area contributed by atoms with E-state index in [2.05, 4.69) is 5.32 Å². The molecular formula is C12H15NO4. The standard InChI is InChI=1S/C12H15NO4/c1-2-9-8(12(15)16)6-10(17-9)11(14)13-7-4-3-5-7/h6-7H,2-5H2,1H3,(H,13,14)(H,15,16). The lowest BCUT2D eigenvalue weighted by atomic mass is 9.93. The number of aryl methyl sites for hydroxylation is 1. The second kappa shape index (κ2) is 4.61. The Labute approximate surface area is 98.8 Å². The number of hydrogen-bond donors (Lipinski definition) is 2. The Hall–Kier alpha value is -1.78. The average molecular weight is 237 g/mol. The first-order chi connectivity index (χ1) is 8.11. The van der Waals surface area contributed by atoms with Crippen LogP contribution in [0.3, 0.4) is 0 Å². The van der Waals surface area contributed by atoms with Gasteiger partial charge < -0.3 is 14.8 Å². The molecule has 1 aromatic heterocycles. The summed E-state index contributed by atoms with van der Waals surface area (Å²) in [5.41, 5.74) is 0.0752. The molecule has 17 heavy (non-hydrogen) atoms. The van der Waals surface area contributed by atoms with Gasteiger partial charge in [-0.1, -0.05) is 6.92 Å². The van der Waals surface area contributed by atoms with Crippen molar-refractivity contribution < 1.29 is 19.1 Å². The van der Waals surface area contributed by atoms with Gasteiger partial charge in [-0.25, -0.2) is 4.79 Å². The molecule has 1 aliphatic rings. The van der Waals surface area contributed by atoms with E-state index in [1.54, 1.807) is 6.92 Å². The highest BCUT2D eigenvalue weighted by atomic mass is 16.4. The highest BCUT2D eigenvalue weighted by Gasteiger charge is 2.24. The summed E-state index contributed by atoms with van der Waals surface area (Å²) >= 11 is 0. The first kappa shape index (κ1) is 11.7. The summed E-state index contributed by atoms with van der Waals surface area (Å²) < 4.78 is 5.26. The summed E-state index contributed by atoms with van der Waals surface area (Å²) in [6, 6.07) is 1.51. The Morgan fingerprint density at radius 3 is 2.65 bits per heavy atom. The molecule has 1 heterocycles. The summed E-state index contributed by atoms with van der Waals surface area (Å²) in [4.78, 5) is 22.7. The average Bonchev–Trinajstić information content (AvgIpc) is 2.67. The molecule has 0 unspecified atom stereocenters.